The summed E-state index contributed by atoms with van der Waals surface area (Å²) in [7, 11) is 2.15. The van der Waals surface area contributed by atoms with Crippen LogP contribution in [0.4, 0.5) is 11.6 Å². The van der Waals surface area contributed by atoms with Gasteiger partial charge in [-0.15, -0.1) is 0 Å². The van der Waals surface area contributed by atoms with Crippen LogP contribution in [0, 0.1) is 5.41 Å². The van der Waals surface area contributed by atoms with Crippen molar-refractivity contribution in [1.82, 2.24) is 14.9 Å². The van der Waals surface area contributed by atoms with Crippen molar-refractivity contribution in [2.45, 2.75) is 39.7 Å². The van der Waals surface area contributed by atoms with E-state index in [4.69, 9.17) is 0 Å². The normalized spacial score (nSPS) is 20.1. The van der Waals surface area contributed by atoms with E-state index in [0.717, 1.165) is 37.7 Å². The van der Waals surface area contributed by atoms with E-state index in [1.54, 1.807) is 6.33 Å². The van der Waals surface area contributed by atoms with E-state index in [9.17, 15) is 0 Å². The molecule has 1 atom stereocenters. The molecule has 0 spiro atoms. The van der Waals surface area contributed by atoms with Crippen molar-refractivity contribution in [3.63, 3.8) is 0 Å². The molecule has 0 saturated carbocycles. The molecule has 2 heterocycles. The van der Waals surface area contributed by atoms with Crippen LogP contribution in [0.1, 0.15) is 33.6 Å². The van der Waals surface area contributed by atoms with Crippen LogP contribution < -0.4 is 10.6 Å². The van der Waals surface area contributed by atoms with Gasteiger partial charge in [-0.3, -0.25) is 0 Å². The summed E-state index contributed by atoms with van der Waals surface area (Å²) in [6.07, 6.45) is 3.92. The van der Waals surface area contributed by atoms with Crippen molar-refractivity contribution in [1.29, 1.82) is 0 Å². The number of likely N-dealkylation sites (tertiary alicyclic amines) is 1. The molecule has 1 unspecified atom stereocenters. The van der Waals surface area contributed by atoms with Gasteiger partial charge >= 0.3 is 0 Å². The van der Waals surface area contributed by atoms with Gasteiger partial charge in [0.25, 0.3) is 0 Å². The lowest BCUT2D eigenvalue weighted by atomic mass is 9.92. The molecule has 0 radical (unpaired) electrons. The minimum atomic E-state index is 0.343. The molecule has 1 aliphatic heterocycles. The largest absolute Gasteiger partial charge is 0.370 e. The summed E-state index contributed by atoms with van der Waals surface area (Å²) in [6, 6.07) is 2.50. The van der Waals surface area contributed by atoms with Crippen molar-refractivity contribution in [2.24, 2.45) is 5.41 Å². The minimum absolute atomic E-state index is 0.343. The Hall–Kier alpha value is -1.36. The zero-order valence-corrected chi connectivity index (χ0v) is 13.1. The third-order valence-electron chi connectivity index (χ3n) is 3.59. The van der Waals surface area contributed by atoms with Gasteiger partial charge in [-0.05, 0) is 31.8 Å². The number of rotatable bonds is 5. The molecule has 0 aliphatic carbocycles. The number of aromatic nitrogens is 2. The molecule has 0 aromatic carbocycles. The summed E-state index contributed by atoms with van der Waals surface area (Å²) < 4.78 is 0. The van der Waals surface area contributed by atoms with Gasteiger partial charge in [0, 0.05) is 25.2 Å². The summed E-state index contributed by atoms with van der Waals surface area (Å²) in [6.45, 7) is 9.91. The number of likely N-dealkylation sites (N-methyl/N-ethyl adjacent to an activating group) is 1. The second-order valence-corrected chi connectivity index (χ2v) is 6.92. The van der Waals surface area contributed by atoms with E-state index in [-0.39, 0.29) is 0 Å². The van der Waals surface area contributed by atoms with Gasteiger partial charge in [0.15, 0.2) is 0 Å². The van der Waals surface area contributed by atoms with Crippen LogP contribution in [0.15, 0.2) is 12.4 Å². The Morgan fingerprint density at radius 1 is 1.30 bits per heavy atom. The summed E-state index contributed by atoms with van der Waals surface area (Å²) in [5.41, 5.74) is 0.343. The number of anilines is 2. The van der Waals surface area contributed by atoms with Crippen LogP contribution in [0.5, 0.6) is 0 Å². The number of hydrogen-bond acceptors (Lipinski definition) is 5. The highest BCUT2D eigenvalue weighted by atomic mass is 15.2. The van der Waals surface area contributed by atoms with Crippen LogP contribution in [-0.2, 0) is 0 Å². The summed E-state index contributed by atoms with van der Waals surface area (Å²) >= 11 is 0. The van der Waals surface area contributed by atoms with Crippen molar-refractivity contribution in [3.8, 4) is 0 Å². The van der Waals surface area contributed by atoms with E-state index in [2.05, 4.69) is 53.3 Å². The van der Waals surface area contributed by atoms with Crippen LogP contribution in [-0.4, -0.2) is 47.6 Å². The van der Waals surface area contributed by atoms with E-state index in [0.29, 0.717) is 11.5 Å². The summed E-state index contributed by atoms with van der Waals surface area (Å²) in [5, 5.41) is 6.86. The fourth-order valence-electron chi connectivity index (χ4n) is 2.36. The molecule has 0 bridgehead atoms. The standard InChI is InChI=1S/C15H27N5/c1-15(2,3)6-7-16-13-9-14(18-11-17-13)19-12-5-8-20(4)10-12/h9,11-12H,5-8,10H2,1-4H3,(H2,16,17,18,19). The second kappa shape index (κ2) is 6.39. The van der Waals surface area contributed by atoms with Crippen molar-refractivity contribution >= 4 is 11.6 Å². The van der Waals surface area contributed by atoms with E-state index in [1.165, 1.54) is 6.42 Å². The van der Waals surface area contributed by atoms with E-state index < -0.39 is 0 Å². The molecule has 1 aliphatic rings. The molecule has 5 heteroatoms. The van der Waals surface area contributed by atoms with Crippen molar-refractivity contribution in [2.75, 3.05) is 37.3 Å². The van der Waals surface area contributed by atoms with Gasteiger partial charge in [-0.1, -0.05) is 20.8 Å². The van der Waals surface area contributed by atoms with Crippen LogP contribution >= 0.6 is 0 Å². The van der Waals surface area contributed by atoms with Crippen molar-refractivity contribution in [3.05, 3.63) is 12.4 Å². The number of nitrogens with one attached hydrogen (secondary N) is 2. The number of hydrogen-bond donors (Lipinski definition) is 2. The fourth-order valence-corrected chi connectivity index (χ4v) is 2.36. The SMILES string of the molecule is CN1CCC(Nc2cc(NCCC(C)(C)C)ncn2)C1. The first kappa shape index (κ1) is 15.0. The quantitative estimate of drug-likeness (QED) is 0.866. The first-order valence-electron chi connectivity index (χ1n) is 7.43. The lowest BCUT2D eigenvalue weighted by molar-refractivity contribution is 0.389. The van der Waals surface area contributed by atoms with Crippen LogP contribution in [0.3, 0.4) is 0 Å². The third kappa shape index (κ3) is 4.96. The average Bonchev–Trinajstić information content (AvgIpc) is 2.73. The molecule has 1 aromatic rings. The maximum Gasteiger partial charge on any atom is 0.131 e. The monoisotopic (exact) mass is 277 g/mol. The summed E-state index contributed by atoms with van der Waals surface area (Å²) in [5.74, 6) is 1.82. The Labute approximate surface area is 122 Å². The fraction of sp³-hybridized carbons (Fsp3) is 0.733. The molecule has 5 nitrogen and oxygen atoms in total. The Morgan fingerprint density at radius 2 is 2.05 bits per heavy atom. The molecule has 2 N–H and O–H groups in total. The van der Waals surface area contributed by atoms with E-state index >= 15 is 0 Å². The summed E-state index contributed by atoms with van der Waals surface area (Å²) in [4.78, 5) is 10.9. The Morgan fingerprint density at radius 3 is 2.70 bits per heavy atom. The molecule has 2 rings (SSSR count). The molecule has 1 aromatic heterocycles. The van der Waals surface area contributed by atoms with Gasteiger partial charge < -0.3 is 15.5 Å². The van der Waals surface area contributed by atoms with Gasteiger partial charge in [0.05, 0.1) is 0 Å². The van der Waals surface area contributed by atoms with Crippen molar-refractivity contribution < 1.29 is 0 Å². The molecular formula is C15H27N5. The Kier molecular flexibility index (Phi) is 4.81. The average molecular weight is 277 g/mol. The zero-order valence-electron chi connectivity index (χ0n) is 13.1. The smallest absolute Gasteiger partial charge is 0.131 e. The van der Waals surface area contributed by atoms with Crippen LogP contribution in [0.25, 0.3) is 0 Å². The highest BCUT2D eigenvalue weighted by Gasteiger charge is 2.19. The zero-order chi connectivity index (χ0) is 14.6. The lowest BCUT2D eigenvalue weighted by Gasteiger charge is -2.18. The topological polar surface area (TPSA) is 53.1 Å². The maximum atomic E-state index is 4.30. The van der Waals surface area contributed by atoms with Gasteiger partial charge in [0.1, 0.15) is 18.0 Å². The van der Waals surface area contributed by atoms with Gasteiger partial charge in [0.2, 0.25) is 0 Å². The van der Waals surface area contributed by atoms with Crippen LogP contribution in [0.2, 0.25) is 0 Å². The predicted molar refractivity (Wildman–Crippen MR) is 84.1 cm³/mol. The highest BCUT2D eigenvalue weighted by Crippen LogP contribution is 2.19. The maximum absolute atomic E-state index is 4.30. The first-order chi connectivity index (χ1) is 9.42. The molecular weight excluding hydrogens is 250 g/mol. The lowest BCUT2D eigenvalue weighted by Crippen LogP contribution is -2.24. The molecule has 1 saturated heterocycles. The molecule has 1 fully saturated rings. The predicted octanol–water partition coefficient (Wildman–Crippen LogP) is 2.44. The van der Waals surface area contributed by atoms with E-state index in [1.807, 2.05) is 6.07 Å². The van der Waals surface area contributed by atoms with Gasteiger partial charge in [-0.2, -0.15) is 0 Å². The number of nitrogens with zero attached hydrogens (tertiary/aromatic N) is 3. The highest BCUT2D eigenvalue weighted by molar-refractivity contribution is 5.47. The first-order valence-corrected chi connectivity index (χ1v) is 7.43. The Bertz CT molecular complexity index is 427. The molecule has 0 amide bonds. The third-order valence-corrected chi connectivity index (χ3v) is 3.59. The minimum Gasteiger partial charge on any atom is -0.370 e. The second-order valence-electron chi connectivity index (χ2n) is 6.92. The Balaban J connectivity index is 1.84. The molecule has 20 heavy (non-hydrogen) atoms. The van der Waals surface area contributed by atoms with Gasteiger partial charge in [-0.25, -0.2) is 9.97 Å². The molecule has 112 valence electrons.